The molecule has 0 aliphatic rings. The summed E-state index contributed by atoms with van der Waals surface area (Å²) >= 11 is 5.81. The highest BCUT2D eigenvalue weighted by atomic mass is 35.5. The van der Waals surface area contributed by atoms with E-state index in [9.17, 15) is 0 Å². The molecule has 0 bridgehead atoms. The molecule has 1 aromatic carbocycles. The minimum Gasteiger partial charge on any atom is -0.468 e. The third-order valence-electron chi connectivity index (χ3n) is 2.38. The van der Waals surface area contributed by atoms with Crippen LogP contribution in [-0.2, 0) is 13.0 Å². The van der Waals surface area contributed by atoms with E-state index in [2.05, 4.69) is 17.4 Å². The molecule has 2 nitrogen and oxygen atoms in total. The highest BCUT2D eigenvalue weighted by molar-refractivity contribution is 6.30. The topological polar surface area (TPSA) is 25.2 Å². The standard InChI is InChI=1S/C13H14ClNO.ClH/c14-12-5-3-11(4-6-12)7-8-15-10-13-2-1-9-16-13;/h1-6,9,15H,7-8,10H2;1H. The van der Waals surface area contributed by atoms with Gasteiger partial charge in [-0.2, -0.15) is 0 Å². The maximum atomic E-state index is 5.81. The Hall–Kier alpha value is -0.960. The number of furan rings is 1. The van der Waals surface area contributed by atoms with Gasteiger partial charge in [-0.1, -0.05) is 23.7 Å². The predicted octanol–water partition coefficient (Wildman–Crippen LogP) is 3.69. The molecular formula is C13H15Cl2NO. The van der Waals surface area contributed by atoms with Gasteiger partial charge in [0.15, 0.2) is 0 Å². The smallest absolute Gasteiger partial charge is 0.117 e. The van der Waals surface area contributed by atoms with E-state index in [0.29, 0.717) is 0 Å². The summed E-state index contributed by atoms with van der Waals surface area (Å²) in [5.41, 5.74) is 1.29. The molecule has 0 saturated heterocycles. The van der Waals surface area contributed by atoms with Gasteiger partial charge in [-0.25, -0.2) is 0 Å². The summed E-state index contributed by atoms with van der Waals surface area (Å²) in [6.07, 6.45) is 2.69. The van der Waals surface area contributed by atoms with Gasteiger partial charge in [0.2, 0.25) is 0 Å². The van der Waals surface area contributed by atoms with Crippen LogP contribution in [0.1, 0.15) is 11.3 Å². The quantitative estimate of drug-likeness (QED) is 0.840. The fraction of sp³-hybridized carbons (Fsp3) is 0.231. The van der Waals surface area contributed by atoms with Crippen molar-refractivity contribution in [2.45, 2.75) is 13.0 Å². The van der Waals surface area contributed by atoms with Crippen LogP contribution in [0.4, 0.5) is 0 Å². The monoisotopic (exact) mass is 271 g/mol. The summed E-state index contributed by atoms with van der Waals surface area (Å²) in [4.78, 5) is 0. The van der Waals surface area contributed by atoms with Crippen molar-refractivity contribution < 1.29 is 4.42 Å². The van der Waals surface area contributed by atoms with Crippen molar-refractivity contribution in [1.82, 2.24) is 5.32 Å². The number of nitrogens with one attached hydrogen (secondary N) is 1. The lowest BCUT2D eigenvalue weighted by molar-refractivity contribution is 0.484. The Kier molecular flexibility index (Phi) is 6.12. The van der Waals surface area contributed by atoms with Crippen LogP contribution in [0.15, 0.2) is 47.1 Å². The Balaban J connectivity index is 0.00000144. The van der Waals surface area contributed by atoms with E-state index in [4.69, 9.17) is 16.0 Å². The molecule has 0 aliphatic heterocycles. The average molecular weight is 272 g/mol. The molecule has 0 unspecified atom stereocenters. The molecule has 2 aromatic rings. The minimum absolute atomic E-state index is 0. The summed E-state index contributed by atoms with van der Waals surface area (Å²) in [6, 6.07) is 11.8. The third-order valence-corrected chi connectivity index (χ3v) is 2.64. The molecule has 17 heavy (non-hydrogen) atoms. The molecular weight excluding hydrogens is 257 g/mol. The Labute approximate surface area is 112 Å². The van der Waals surface area contributed by atoms with E-state index in [1.165, 1.54) is 5.56 Å². The third kappa shape index (κ3) is 4.82. The summed E-state index contributed by atoms with van der Waals surface area (Å²) in [5.74, 6) is 0.969. The van der Waals surface area contributed by atoms with Crippen molar-refractivity contribution >= 4 is 24.0 Å². The molecule has 1 N–H and O–H groups in total. The SMILES string of the molecule is Cl.Clc1ccc(CCNCc2ccco2)cc1. The summed E-state index contributed by atoms with van der Waals surface area (Å²) in [7, 11) is 0. The van der Waals surface area contributed by atoms with E-state index in [1.54, 1.807) is 6.26 Å². The minimum atomic E-state index is 0. The first-order chi connectivity index (χ1) is 7.84. The van der Waals surface area contributed by atoms with Crippen LogP contribution >= 0.6 is 24.0 Å². The first-order valence-corrected chi connectivity index (χ1v) is 5.70. The van der Waals surface area contributed by atoms with Crippen molar-refractivity contribution in [2.24, 2.45) is 0 Å². The molecule has 92 valence electrons. The Morgan fingerprint density at radius 2 is 1.88 bits per heavy atom. The van der Waals surface area contributed by atoms with Crippen molar-refractivity contribution in [3.8, 4) is 0 Å². The Morgan fingerprint density at radius 1 is 1.12 bits per heavy atom. The first-order valence-electron chi connectivity index (χ1n) is 5.32. The highest BCUT2D eigenvalue weighted by Crippen LogP contribution is 2.09. The van der Waals surface area contributed by atoms with Crippen molar-refractivity contribution in [1.29, 1.82) is 0 Å². The van der Waals surface area contributed by atoms with Gasteiger partial charge in [0.1, 0.15) is 5.76 Å². The van der Waals surface area contributed by atoms with Crippen LogP contribution in [0.25, 0.3) is 0 Å². The molecule has 0 amide bonds. The Morgan fingerprint density at radius 3 is 2.53 bits per heavy atom. The zero-order chi connectivity index (χ0) is 11.2. The molecule has 0 radical (unpaired) electrons. The summed E-state index contributed by atoms with van der Waals surface area (Å²) in [5, 5.41) is 4.11. The first kappa shape index (κ1) is 14.1. The molecule has 0 aliphatic carbocycles. The van der Waals surface area contributed by atoms with E-state index in [1.807, 2.05) is 24.3 Å². The zero-order valence-electron chi connectivity index (χ0n) is 9.36. The second-order valence-corrected chi connectivity index (χ2v) is 4.07. The van der Waals surface area contributed by atoms with Crippen molar-refractivity contribution in [3.63, 3.8) is 0 Å². The number of hydrogen-bond donors (Lipinski definition) is 1. The van der Waals surface area contributed by atoms with Gasteiger partial charge < -0.3 is 9.73 Å². The second-order valence-electron chi connectivity index (χ2n) is 3.63. The highest BCUT2D eigenvalue weighted by Gasteiger charge is 1.96. The lowest BCUT2D eigenvalue weighted by Crippen LogP contribution is -2.16. The van der Waals surface area contributed by atoms with E-state index in [0.717, 1.165) is 30.3 Å². The normalized spacial score (nSPS) is 9.94. The predicted molar refractivity (Wildman–Crippen MR) is 72.8 cm³/mol. The molecule has 4 heteroatoms. The van der Waals surface area contributed by atoms with Crippen LogP contribution < -0.4 is 5.32 Å². The molecule has 0 saturated carbocycles. The van der Waals surface area contributed by atoms with E-state index >= 15 is 0 Å². The van der Waals surface area contributed by atoms with Crippen molar-refractivity contribution in [3.05, 3.63) is 59.0 Å². The van der Waals surface area contributed by atoms with Gasteiger partial charge in [-0.05, 0) is 42.8 Å². The maximum Gasteiger partial charge on any atom is 0.117 e. The maximum absolute atomic E-state index is 5.81. The average Bonchev–Trinajstić information content (AvgIpc) is 2.80. The zero-order valence-corrected chi connectivity index (χ0v) is 10.9. The lowest BCUT2D eigenvalue weighted by Gasteiger charge is -2.03. The number of rotatable bonds is 5. The van der Waals surface area contributed by atoms with Gasteiger partial charge in [-0.3, -0.25) is 0 Å². The van der Waals surface area contributed by atoms with Gasteiger partial charge in [0.25, 0.3) is 0 Å². The Bertz CT molecular complexity index is 411. The van der Waals surface area contributed by atoms with Gasteiger partial charge >= 0.3 is 0 Å². The molecule has 2 rings (SSSR count). The summed E-state index contributed by atoms with van der Waals surface area (Å²) in [6.45, 7) is 1.71. The van der Waals surface area contributed by atoms with Crippen LogP contribution in [0.5, 0.6) is 0 Å². The second kappa shape index (κ2) is 7.38. The van der Waals surface area contributed by atoms with Gasteiger partial charge in [-0.15, -0.1) is 12.4 Å². The number of benzene rings is 1. The molecule has 0 fully saturated rings. The van der Waals surface area contributed by atoms with Crippen LogP contribution in [0, 0.1) is 0 Å². The number of hydrogen-bond acceptors (Lipinski definition) is 2. The van der Waals surface area contributed by atoms with Crippen molar-refractivity contribution in [2.75, 3.05) is 6.54 Å². The molecule has 1 aromatic heterocycles. The van der Waals surface area contributed by atoms with E-state index in [-0.39, 0.29) is 12.4 Å². The van der Waals surface area contributed by atoms with E-state index < -0.39 is 0 Å². The molecule has 0 atom stereocenters. The van der Waals surface area contributed by atoms with Gasteiger partial charge in [0, 0.05) is 5.02 Å². The molecule has 1 heterocycles. The number of halogens is 2. The largest absolute Gasteiger partial charge is 0.468 e. The van der Waals surface area contributed by atoms with Gasteiger partial charge in [0.05, 0.1) is 12.8 Å². The van der Waals surface area contributed by atoms with Crippen LogP contribution in [0.3, 0.4) is 0 Å². The summed E-state index contributed by atoms with van der Waals surface area (Å²) < 4.78 is 5.22. The van der Waals surface area contributed by atoms with Crippen LogP contribution in [0.2, 0.25) is 5.02 Å². The lowest BCUT2D eigenvalue weighted by atomic mass is 10.1. The van der Waals surface area contributed by atoms with Crippen LogP contribution in [-0.4, -0.2) is 6.54 Å². The molecule has 0 spiro atoms. The fourth-order valence-electron chi connectivity index (χ4n) is 1.51. The fourth-order valence-corrected chi connectivity index (χ4v) is 1.63.